The molecular formula is C21H19F3N4O. The fourth-order valence-corrected chi connectivity index (χ4v) is 3.49. The molecule has 1 fully saturated rings. The quantitative estimate of drug-likeness (QED) is 0.685. The van der Waals surface area contributed by atoms with Crippen molar-refractivity contribution in [1.29, 1.82) is 0 Å². The highest BCUT2D eigenvalue weighted by Crippen LogP contribution is 2.51. The van der Waals surface area contributed by atoms with E-state index in [1.807, 2.05) is 24.3 Å². The molecule has 1 N–H and O–H groups in total. The normalized spacial score (nSPS) is 18.4. The number of rotatable bonds is 6. The fourth-order valence-electron chi connectivity index (χ4n) is 3.49. The first-order chi connectivity index (χ1) is 13.9. The first-order valence-corrected chi connectivity index (χ1v) is 9.26. The number of nitrogens with zero attached hydrogens (tertiary/aromatic N) is 3. The van der Waals surface area contributed by atoms with Crippen LogP contribution in [0.5, 0.6) is 0 Å². The molecule has 2 aromatic carbocycles. The van der Waals surface area contributed by atoms with Gasteiger partial charge in [-0.2, -0.15) is 18.3 Å². The minimum Gasteiger partial charge on any atom is -0.352 e. The van der Waals surface area contributed by atoms with Gasteiger partial charge in [0.05, 0.1) is 12.1 Å². The zero-order valence-corrected chi connectivity index (χ0v) is 15.4. The van der Waals surface area contributed by atoms with E-state index in [1.165, 1.54) is 18.5 Å². The maximum atomic E-state index is 13.2. The van der Waals surface area contributed by atoms with E-state index in [0.717, 1.165) is 17.2 Å². The van der Waals surface area contributed by atoms with Gasteiger partial charge < -0.3 is 5.32 Å². The molecular weight excluding hydrogens is 381 g/mol. The van der Waals surface area contributed by atoms with E-state index in [1.54, 1.807) is 17.1 Å². The van der Waals surface area contributed by atoms with E-state index in [4.69, 9.17) is 0 Å². The number of hydrogen-bond acceptors (Lipinski definition) is 3. The van der Waals surface area contributed by atoms with Gasteiger partial charge in [-0.3, -0.25) is 4.79 Å². The van der Waals surface area contributed by atoms with E-state index in [9.17, 15) is 18.0 Å². The summed E-state index contributed by atoms with van der Waals surface area (Å²) in [5.41, 5.74) is 1.53. The second-order valence-corrected chi connectivity index (χ2v) is 7.16. The maximum absolute atomic E-state index is 13.2. The van der Waals surface area contributed by atoms with Crippen LogP contribution in [-0.2, 0) is 24.1 Å². The zero-order valence-electron chi connectivity index (χ0n) is 15.4. The predicted octanol–water partition coefficient (Wildman–Crippen LogP) is 3.77. The molecule has 0 bridgehead atoms. The summed E-state index contributed by atoms with van der Waals surface area (Å²) < 4.78 is 41.2. The number of hydrogen-bond donors (Lipinski definition) is 1. The molecule has 0 saturated heterocycles. The smallest absolute Gasteiger partial charge is 0.352 e. The van der Waals surface area contributed by atoms with Crippen LogP contribution in [0.2, 0.25) is 0 Å². The highest BCUT2D eigenvalue weighted by atomic mass is 19.4. The number of carbonyl (C=O) groups is 1. The van der Waals surface area contributed by atoms with Crippen LogP contribution in [0.1, 0.15) is 34.6 Å². The molecule has 1 aliphatic rings. The molecule has 0 spiro atoms. The third-order valence-corrected chi connectivity index (χ3v) is 5.09. The molecule has 29 heavy (non-hydrogen) atoms. The molecule has 3 aromatic rings. The Kier molecular flexibility index (Phi) is 5.08. The molecule has 1 saturated carbocycles. The minimum atomic E-state index is -4.41. The SMILES string of the molecule is O=C(NCc1ccc(Cn2cncn2)cc1)C1CC1c1ccccc1C(F)(F)F. The van der Waals surface area contributed by atoms with Gasteiger partial charge in [0.2, 0.25) is 5.91 Å². The van der Waals surface area contributed by atoms with Crippen LogP contribution in [0.4, 0.5) is 13.2 Å². The lowest BCUT2D eigenvalue weighted by atomic mass is 10.0. The van der Waals surface area contributed by atoms with Crippen LogP contribution in [0, 0.1) is 5.92 Å². The molecule has 0 radical (unpaired) electrons. The van der Waals surface area contributed by atoms with Gasteiger partial charge in [-0.15, -0.1) is 0 Å². The van der Waals surface area contributed by atoms with Crippen LogP contribution in [0.25, 0.3) is 0 Å². The van der Waals surface area contributed by atoms with Gasteiger partial charge in [0.15, 0.2) is 0 Å². The molecule has 1 aliphatic carbocycles. The zero-order chi connectivity index (χ0) is 20.4. The molecule has 8 heteroatoms. The number of aromatic nitrogens is 3. The van der Waals surface area contributed by atoms with E-state index in [-0.39, 0.29) is 17.4 Å². The van der Waals surface area contributed by atoms with Crippen molar-refractivity contribution in [1.82, 2.24) is 20.1 Å². The lowest BCUT2D eigenvalue weighted by Crippen LogP contribution is -2.25. The summed E-state index contributed by atoms with van der Waals surface area (Å²) in [6.45, 7) is 0.946. The van der Waals surface area contributed by atoms with Crippen molar-refractivity contribution < 1.29 is 18.0 Å². The Morgan fingerprint density at radius 2 is 1.83 bits per heavy atom. The summed E-state index contributed by atoms with van der Waals surface area (Å²) in [4.78, 5) is 16.3. The van der Waals surface area contributed by atoms with Gasteiger partial charge in [-0.1, -0.05) is 42.5 Å². The van der Waals surface area contributed by atoms with E-state index in [0.29, 0.717) is 19.5 Å². The minimum absolute atomic E-state index is 0.206. The fraction of sp³-hybridized carbons (Fsp3) is 0.286. The first-order valence-electron chi connectivity index (χ1n) is 9.26. The Balaban J connectivity index is 1.32. The molecule has 4 rings (SSSR count). The van der Waals surface area contributed by atoms with Gasteiger partial charge >= 0.3 is 6.18 Å². The lowest BCUT2D eigenvalue weighted by Gasteiger charge is -2.12. The van der Waals surface area contributed by atoms with Gasteiger partial charge in [-0.05, 0) is 35.1 Å². The van der Waals surface area contributed by atoms with Crippen LogP contribution in [-0.4, -0.2) is 20.7 Å². The number of alkyl halides is 3. The van der Waals surface area contributed by atoms with E-state index >= 15 is 0 Å². The molecule has 2 unspecified atom stereocenters. The average molecular weight is 400 g/mol. The first kappa shape index (κ1) is 19.2. The topological polar surface area (TPSA) is 59.8 Å². The van der Waals surface area contributed by atoms with Crippen molar-refractivity contribution in [2.24, 2.45) is 5.92 Å². The Bertz CT molecular complexity index is 984. The second kappa shape index (κ2) is 7.69. The van der Waals surface area contributed by atoms with E-state index in [2.05, 4.69) is 15.4 Å². The highest BCUT2D eigenvalue weighted by molar-refractivity contribution is 5.83. The van der Waals surface area contributed by atoms with Gasteiger partial charge in [0, 0.05) is 12.5 Å². The summed E-state index contributed by atoms with van der Waals surface area (Å²) in [5.74, 6) is -0.998. The Labute approximate surface area is 165 Å². The van der Waals surface area contributed by atoms with Gasteiger partial charge in [-0.25, -0.2) is 9.67 Å². The van der Waals surface area contributed by atoms with Gasteiger partial charge in [0.1, 0.15) is 12.7 Å². The summed E-state index contributed by atoms with van der Waals surface area (Å²) in [5, 5.41) is 6.89. The molecule has 1 aromatic heterocycles. The summed E-state index contributed by atoms with van der Waals surface area (Å²) in [6, 6.07) is 13.2. The predicted molar refractivity (Wildman–Crippen MR) is 99.7 cm³/mol. The van der Waals surface area contributed by atoms with Crippen LogP contribution in [0.3, 0.4) is 0 Å². The van der Waals surface area contributed by atoms with Crippen molar-refractivity contribution in [3.63, 3.8) is 0 Å². The lowest BCUT2D eigenvalue weighted by molar-refractivity contribution is -0.138. The molecule has 5 nitrogen and oxygen atoms in total. The standard InChI is InChI=1S/C21H19F3N4O/c22-21(23,24)19-4-2-1-3-16(19)17-9-18(17)20(29)26-10-14-5-7-15(8-6-14)11-28-13-25-12-27-28/h1-8,12-13,17-18H,9-11H2,(H,26,29). The van der Waals surface area contributed by atoms with Crippen molar-refractivity contribution >= 4 is 5.91 Å². The summed E-state index contributed by atoms with van der Waals surface area (Å²) in [7, 11) is 0. The van der Waals surface area contributed by atoms with Crippen molar-refractivity contribution in [2.45, 2.75) is 31.6 Å². The van der Waals surface area contributed by atoms with E-state index < -0.39 is 17.7 Å². The Morgan fingerprint density at radius 3 is 2.52 bits per heavy atom. The second-order valence-electron chi connectivity index (χ2n) is 7.16. The van der Waals surface area contributed by atoms with Crippen molar-refractivity contribution in [3.05, 3.63) is 83.4 Å². The largest absolute Gasteiger partial charge is 0.416 e. The molecule has 0 aliphatic heterocycles. The number of carbonyl (C=O) groups excluding carboxylic acids is 1. The third kappa shape index (κ3) is 4.47. The number of halogens is 3. The van der Waals surface area contributed by atoms with Crippen LogP contribution >= 0.6 is 0 Å². The van der Waals surface area contributed by atoms with Crippen LogP contribution in [0.15, 0.2) is 61.2 Å². The van der Waals surface area contributed by atoms with Crippen molar-refractivity contribution in [2.75, 3.05) is 0 Å². The third-order valence-electron chi connectivity index (χ3n) is 5.09. The monoisotopic (exact) mass is 400 g/mol. The molecule has 150 valence electrons. The average Bonchev–Trinajstić information content (AvgIpc) is 3.35. The molecule has 1 heterocycles. The Morgan fingerprint density at radius 1 is 1.10 bits per heavy atom. The van der Waals surface area contributed by atoms with Crippen molar-refractivity contribution in [3.8, 4) is 0 Å². The van der Waals surface area contributed by atoms with Gasteiger partial charge in [0.25, 0.3) is 0 Å². The summed E-state index contributed by atoms with van der Waals surface area (Å²) in [6.07, 6.45) is -0.858. The number of nitrogens with one attached hydrogen (secondary N) is 1. The maximum Gasteiger partial charge on any atom is 0.416 e. The molecule has 1 amide bonds. The number of benzene rings is 2. The summed E-state index contributed by atoms with van der Waals surface area (Å²) >= 11 is 0. The number of amides is 1. The Hall–Kier alpha value is -3.16. The molecule has 2 atom stereocenters. The highest BCUT2D eigenvalue weighted by Gasteiger charge is 2.47. The van der Waals surface area contributed by atoms with Crippen LogP contribution < -0.4 is 5.32 Å².